The highest BCUT2D eigenvalue weighted by atomic mass is 32.2. The monoisotopic (exact) mass is 325 g/mol. The highest BCUT2D eigenvalue weighted by molar-refractivity contribution is 8.03. The van der Waals surface area contributed by atoms with Crippen LogP contribution in [0.2, 0.25) is 0 Å². The maximum atomic E-state index is 14.1. The number of rotatable bonds is 4. The molecule has 114 valence electrons. The Hall–Kier alpha value is -2.00. The van der Waals surface area contributed by atoms with E-state index in [0.717, 1.165) is 18.4 Å². The van der Waals surface area contributed by atoms with E-state index in [9.17, 15) is 17.6 Å². The lowest BCUT2D eigenvalue weighted by molar-refractivity contribution is 0.430. The van der Waals surface area contributed by atoms with E-state index in [1.54, 1.807) is 12.1 Å². The third kappa shape index (κ3) is 2.95. The predicted octanol–water partition coefficient (Wildman–Crippen LogP) is 5.44. The number of benzene rings is 2. The van der Waals surface area contributed by atoms with Crippen molar-refractivity contribution in [2.24, 2.45) is 0 Å². The lowest BCUT2D eigenvalue weighted by Gasteiger charge is -2.10. The molecule has 0 saturated carbocycles. The summed E-state index contributed by atoms with van der Waals surface area (Å²) >= 11 is 0.0453. The van der Waals surface area contributed by atoms with Gasteiger partial charge in [0.1, 0.15) is 5.40 Å². The van der Waals surface area contributed by atoms with Crippen LogP contribution in [0.4, 0.5) is 17.6 Å². The number of hydrogen-bond acceptors (Lipinski definition) is 2. The van der Waals surface area contributed by atoms with Gasteiger partial charge in [-0.3, -0.25) is 0 Å². The molecule has 0 saturated heterocycles. The Bertz CT molecular complexity index is 706. The topological polar surface area (TPSA) is 23.8 Å². The van der Waals surface area contributed by atoms with E-state index in [1.165, 1.54) is 17.5 Å². The molecule has 0 N–H and O–H groups in total. The molecule has 0 aliphatic carbocycles. The maximum Gasteiger partial charge on any atom is 0.177 e. The second kappa shape index (κ2) is 6.84. The minimum absolute atomic E-state index is 0.0427. The molecule has 0 amide bonds. The van der Waals surface area contributed by atoms with Crippen molar-refractivity contribution in [2.75, 3.05) is 0 Å². The highest BCUT2D eigenvalue weighted by Crippen LogP contribution is 2.36. The molecule has 0 aliphatic rings. The number of thiocyanates is 1. The first-order valence-electron chi connectivity index (χ1n) is 6.52. The lowest BCUT2D eigenvalue weighted by atomic mass is 10.0. The fourth-order valence-corrected chi connectivity index (χ4v) is 2.58. The molecule has 22 heavy (non-hydrogen) atoms. The van der Waals surface area contributed by atoms with Crippen LogP contribution < -0.4 is 0 Å². The second-order valence-corrected chi connectivity index (χ2v) is 5.40. The Morgan fingerprint density at radius 2 is 1.50 bits per heavy atom. The molecule has 0 unspecified atom stereocenters. The Morgan fingerprint density at radius 3 is 1.95 bits per heavy atom. The minimum atomic E-state index is -1.56. The molecule has 0 spiro atoms. The van der Waals surface area contributed by atoms with Gasteiger partial charge in [0.2, 0.25) is 0 Å². The molecule has 0 aliphatic heterocycles. The summed E-state index contributed by atoms with van der Waals surface area (Å²) in [7, 11) is 0. The average Bonchev–Trinajstić information content (AvgIpc) is 2.52. The van der Waals surface area contributed by atoms with E-state index in [4.69, 9.17) is 5.26 Å². The van der Waals surface area contributed by atoms with E-state index in [1.807, 2.05) is 6.92 Å². The van der Waals surface area contributed by atoms with Crippen molar-refractivity contribution in [1.82, 2.24) is 0 Å². The molecular formula is C16H11F4NS. The normalized spacial score (nSPS) is 10.5. The van der Waals surface area contributed by atoms with Gasteiger partial charge in [-0.25, -0.2) is 17.6 Å². The molecule has 0 fully saturated rings. The largest absolute Gasteiger partial charge is 0.203 e. The van der Waals surface area contributed by atoms with Crippen LogP contribution in [0, 0.1) is 33.9 Å². The van der Waals surface area contributed by atoms with Gasteiger partial charge >= 0.3 is 0 Å². The lowest BCUT2D eigenvalue weighted by Crippen LogP contribution is -2.02. The van der Waals surface area contributed by atoms with Crippen molar-refractivity contribution in [1.29, 1.82) is 5.26 Å². The standard InChI is InChI=1S/C16H11F4NS/c1-2-3-9-4-6-10(7-5-9)11-12(17)14(19)16(22-8-21)15(20)13(11)18/h4-7H,2-3H2,1H3. The van der Waals surface area contributed by atoms with Gasteiger partial charge in [0.25, 0.3) is 0 Å². The summed E-state index contributed by atoms with van der Waals surface area (Å²) in [5.41, 5.74) is 0.242. The number of nitrogens with zero attached hydrogens (tertiary/aromatic N) is 1. The van der Waals surface area contributed by atoms with Gasteiger partial charge in [0, 0.05) is 0 Å². The third-order valence-electron chi connectivity index (χ3n) is 3.15. The quantitative estimate of drug-likeness (QED) is 0.324. The number of hydrogen-bond donors (Lipinski definition) is 0. The molecule has 0 heterocycles. The van der Waals surface area contributed by atoms with Crippen molar-refractivity contribution in [3.8, 4) is 16.5 Å². The van der Waals surface area contributed by atoms with E-state index in [-0.39, 0.29) is 17.3 Å². The average molecular weight is 325 g/mol. The zero-order valence-electron chi connectivity index (χ0n) is 11.6. The number of thioether (sulfide) groups is 1. The van der Waals surface area contributed by atoms with Gasteiger partial charge in [0.05, 0.1) is 10.5 Å². The Morgan fingerprint density at radius 1 is 0.955 bits per heavy atom. The van der Waals surface area contributed by atoms with Gasteiger partial charge in [-0.05, 0) is 29.3 Å². The molecule has 6 heteroatoms. The van der Waals surface area contributed by atoms with E-state index >= 15 is 0 Å². The van der Waals surface area contributed by atoms with Gasteiger partial charge in [0.15, 0.2) is 23.3 Å². The molecule has 0 bridgehead atoms. The summed E-state index contributed by atoms with van der Waals surface area (Å²) in [6, 6.07) is 6.15. The van der Waals surface area contributed by atoms with Crippen LogP contribution in [0.1, 0.15) is 18.9 Å². The van der Waals surface area contributed by atoms with Crippen LogP contribution in [0.15, 0.2) is 29.2 Å². The first-order chi connectivity index (χ1) is 10.5. The van der Waals surface area contributed by atoms with Gasteiger partial charge in [-0.2, -0.15) is 5.26 Å². The van der Waals surface area contributed by atoms with E-state index < -0.39 is 33.7 Å². The van der Waals surface area contributed by atoms with Crippen molar-refractivity contribution in [2.45, 2.75) is 24.7 Å². The van der Waals surface area contributed by atoms with Crippen LogP contribution in [0.25, 0.3) is 11.1 Å². The van der Waals surface area contributed by atoms with E-state index in [0.29, 0.717) is 0 Å². The Labute approximate surface area is 129 Å². The van der Waals surface area contributed by atoms with Crippen LogP contribution >= 0.6 is 11.8 Å². The van der Waals surface area contributed by atoms with Gasteiger partial charge in [-0.15, -0.1) is 0 Å². The highest BCUT2D eigenvalue weighted by Gasteiger charge is 2.26. The summed E-state index contributed by atoms with van der Waals surface area (Å²) in [6.07, 6.45) is 1.71. The third-order valence-corrected chi connectivity index (χ3v) is 3.81. The zero-order chi connectivity index (χ0) is 16.3. The van der Waals surface area contributed by atoms with Crippen molar-refractivity contribution in [3.63, 3.8) is 0 Å². The molecule has 1 nitrogen and oxygen atoms in total. The summed E-state index contributed by atoms with van der Waals surface area (Å²) < 4.78 is 55.8. The molecular weight excluding hydrogens is 314 g/mol. The van der Waals surface area contributed by atoms with Crippen LogP contribution in [0.5, 0.6) is 0 Å². The van der Waals surface area contributed by atoms with Gasteiger partial charge in [-0.1, -0.05) is 37.6 Å². The summed E-state index contributed by atoms with van der Waals surface area (Å²) in [4.78, 5) is -0.969. The number of nitriles is 1. The fraction of sp³-hybridized carbons (Fsp3) is 0.188. The van der Waals surface area contributed by atoms with E-state index in [2.05, 4.69) is 0 Å². The molecule has 2 aromatic carbocycles. The molecule has 0 atom stereocenters. The van der Waals surface area contributed by atoms with Crippen molar-refractivity contribution in [3.05, 3.63) is 53.1 Å². The second-order valence-electron chi connectivity index (χ2n) is 4.60. The van der Waals surface area contributed by atoms with Crippen LogP contribution in [-0.4, -0.2) is 0 Å². The van der Waals surface area contributed by atoms with Crippen LogP contribution in [-0.2, 0) is 6.42 Å². The maximum absolute atomic E-state index is 14.1. The molecule has 0 aromatic heterocycles. The zero-order valence-corrected chi connectivity index (χ0v) is 12.4. The molecule has 2 rings (SSSR count). The summed E-state index contributed by atoms with van der Waals surface area (Å²) in [5.74, 6) is -6.11. The molecule has 0 radical (unpaired) electrons. The van der Waals surface area contributed by atoms with Crippen molar-refractivity contribution >= 4 is 11.8 Å². The summed E-state index contributed by atoms with van der Waals surface area (Å²) in [5, 5.41) is 9.86. The van der Waals surface area contributed by atoms with Crippen LogP contribution in [0.3, 0.4) is 0 Å². The Balaban J connectivity index is 2.59. The first-order valence-corrected chi connectivity index (χ1v) is 7.34. The summed E-state index contributed by atoms with van der Waals surface area (Å²) in [6.45, 7) is 1.99. The fourth-order valence-electron chi connectivity index (χ4n) is 2.13. The number of aryl methyl sites for hydroxylation is 1. The Kier molecular flexibility index (Phi) is 5.09. The number of halogens is 4. The van der Waals surface area contributed by atoms with Gasteiger partial charge < -0.3 is 0 Å². The SMILES string of the molecule is CCCc1ccc(-c2c(F)c(F)c(SC#N)c(F)c2F)cc1. The molecule has 2 aromatic rings. The smallest absolute Gasteiger partial charge is 0.177 e. The predicted molar refractivity (Wildman–Crippen MR) is 77.2 cm³/mol. The van der Waals surface area contributed by atoms with Crippen molar-refractivity contribution < 1.29 is 17.6 Å². The first kappa shape index (κ1) is 16.4. The minimum Gasteiger partial charge on any atom is -0.203 e.